The monoisotopic (exact) mass is 515 g/mol. The summed E-state index contributed by atoms with van der Waals surface area (Å²) in [5.74, 6) is 1.20. The first-order valence-corrected chi connectivity index (χ1v) is 14.2. The molecule has 2 aromatic rings. The van der Waals surface area contributed by atoms with Crippen molar-refractivity contribution in [2.45, 2.75) is 44.0 Å². The lowest BCUT2D eigenvalue weighted by Crippen LogP contribution is -2.40. The Labute approximate surface area is 214 Å². The third-order valence-electron chi connectivity index (χ3n) is 6.93. The number of anilines is 1. The van der Waals surface area contributed by atoms with Crippen molar-refractivity contribution in [3.8, 4) is 5.75 Å². The minimum Gasteiger partial charge on any atom is -0.496 e. The van der Waals surface area contributed by atoms with Crippen LogP contribution in [0.3, 0.4) is 0 Å². The van der Waals surface area contributed by atoms with Crippen LogP contribution in [0, 0.1) is 5.92 Å². The number of amides is 1. The fourth-order valence-electron chi connectivity index (χ4n) is 4.83. The van der Waals surface area contributed by atoms with Crippen LogP contribution in [0.25, 0.3) is 0 Å². The van der Waals surface area contributed by atoms with E-state index in [0.29, 0.717) is 50.6 Å². The van der Waals surface area contributed by atoms with Crippen LogP contribution in [0.4, 0.5) is 5.69 Å². The molecule has 1 atom stereocenters. The lowest BCUT2D eigenvalue weighted by atomic mass is 9.99. The van der Waals surface area contributed by atoms with E-state index in [1.54, 1.807) is 25.3 Å². The first kappa shape index (κ1) is 26.4. The number of rotatable bonds is 9. The third kappa shape index (κ3) is 6.57. The van der Waals surface area contributed by atoms with E-state index >= 15 is 0 Å². The Hall–Kier alpha value is -2.62. The topological polar surface area (TPSA) is 88.2 Å². The largest absolute Gasteiger partial charge is 0.496 e. The second-order valence-corrected chi connectivity index (χ2v) is 11.6. The van der Waals surface area contributed by atoms with Gasteiger partial charge in [-0.2, -0.15) is 4.31 Å². The Morgan fingerprint density at radius 3 is 2.56 bits per heavy atom. The van der Waals surface area contributed by atoms with E-state index in [9.17, 15) is 13.2 Å². The maximum atomic E-state index is 13.0. The zero-order valence-corrected chi connectivity index (χ0v) is 22.1. The molecular weight excluding hydrogens is 478 g/mol. The number of hydrogen-bond donors (Lipinski definition) is 1. The minimum absolute atomic E-state index is 0.0903. The molecular formula is C27H37N3O5S. The molecule has 2 aliphatic heterocycles. The molecule has 196 valence electrons. The van der Waals surface area contributed by atoms with Crippen LogP contribution >= 0.6 is 0 Å². The fraction of sp³-hybridized carbons (Fsp3) is 0.519. The molecule has 0 aliphatic carbocycles. The highest BCUT2D eigenvalue weighted by atomic mass is 32.2. The molecule has 36 heavy (non-hydrogen) atoms. The van der Waals surface area contributed by atoms with Crippen molar-refractivity contribution in [3.63, 3.8) is 0 Å². The molecule has 2 fully saturated rings. The Balaban J connectivity index is 1.32. The van der Waals surface area contributed by atoms with Gasteiger partial charge in [0.05, 0.1) is 25.2 Å². The van der Waals surface area contributed by atoms with Crippen molar-refractivity contribution < 1.29 is 22.7 Å². The van der Waals surface area contributed by atoms with Gasteiger partial charge in [-0.15, -0.1) is 0 Å². The van der Waals surface area contributed by atoms with Crippen molar-refractivity contribution in [3.05, 3.63) is 53.6 Å². The molecule has 1 N–H and O–H groups in total. The lowest BCUT2D eigenvalue weighted by Gasteiger charge is -2.32. The van der Waals surface area contributed by atoms with Crippen LogP contribution in [-0.4, -0.2) is 65.1 Å². The summed E-state index contributed by atoms with van der Waals surface area (Å²) in [5.41, 5.74) is 2.98. The number of benzene rings is 2. The summed E-state index contributed by atoms with van der Waals surface area (Å²) < 4.78 is 38.2. The standard InChI is InChI=1S/C27H37N3O5S/c1-21-4-3-13-29(20-21)24-8-5-22(6-9-24)19-28-27(31)12-7-23-18-25(10-11-26(23)34-2)36(32,33)30-14-16-35-17-15-30/h5-6,8-11,18,21H,3-4,7,12-17,19-20H2,1-2H3,(H,28,31)/t21-/m0/s1. The van der Waals surface area contributed by atoms with Gasteiger partial charge >= 0.3 is 0 Å². The van der Waals surface area contributed by atoms with Crippen molar-refractivity contribution in [1.82, 2.24) is 9.62 Å². The second-order valence-electron chi connectivity index (χ2n) is 9.63. The van der Waals surface area contributed by atoms with E-state index in [-0.39, 0.29) is 17.2 Å². The lowest BCUT2D eigenvalue weighted by molar-refractivity contribution is -0.121. The maximum Gasteiger partial charge on any atom is 0.243 e. The average Bonchev–Trinajstić information content (AvgIpc) is 2.91. The van der Waals surface area contributed by atoms with Gasteiger partial charge in [0.2, 0.25) is 15.9 Å². The zero-order chi connectivity index (χ0) is 25.5. The predicted octanol–water partition coefficient (Wildman–Crippen LogP) is 3.20. The van der Waals surface area contributed by atoms with Gasteiger partial charge in [0.1, 0.15) is 5.75 Å². The number of morpholine rings is 1. The van der Waals surface area contributed by atoms with E-state index < -0.39 is 10.0 Å². The molecule has 0 spiro atoms. The van der Waals surface area contributed by atoms with Gasteiger partial charge < -0.3 is 19.7 Å². The normalized spacial score (nSPS) is 19.2. The summed E-state index contributed by atoms with van der Waals surface area (Å²) in [6, 6.07) is 13.2. The highest BCUT2D eigenvalue weighted by molar-refractivity contribution is 7.89. The van der Waals surface area contributed by atoms with Gasteiger partial charge in [0, 0.05) is 44.8 Å². The molecule has 1 amide bonds. The smallest absolute Gasteiger partial charge is 0.243 e. The fourth-order valence-corrected chi connectivity index (χ4v) is 6.29. The van der Waals surface area contributed by atoms with Gasteiger partial charge in [-0.1, -0.05) is 19.1 Å². The summed E-state index contributed by atoms with van der Waals surface area (Å²) >= 11 is 0. The number of aryl methyl sites for hydroxylation is 1. The number of sulfonamides is 1. The molecule has 2 heterocycles. The number of nitrogens with one attached hydrogen (secondary N) is 1. The summed E-state index contributed by atoms with van der Waals surface area (Å²) in [6.07, 6.45) is 3.14. The molecule has 4 rings (SSSR count). The van der Waals surface area contributed by atoms with Crippen molar-refractivity contribution >= 4 is 21.6 Å². The van der Waals surface area contributed by atoms with Crippen molar-refractivity contribution in [2.24, 2.45) is 5.92 Å². The molecule has 2 aromatic carbocycles. The average molecular weight is 516 g/mol. The van der Waals surface area contributed by atoms with E-state index in [4.69, 9.17) is 9.47 Å². The molecule has 0 unspecified atom stereocenters. The quantitative estimate of drug-likeness (QED) is 0.552. The third-order valence-corrected chi connectivity index (χ3v) is 8.82. The number of methoxy groups -OCH3 is 1. The molecule has 2 aliphatic rings. The Kier molecular flexibility index (Phi) is 8.87. The molecule has 0 bridgehead atoms. The number of ether oxygens (including phenoxy) is 2. The highest BCUT2D eigenvalue weighted by Crippen LogP contribution is 2.26. The first-order valence-electron chi connectivity index (χ1n) is 12.7. The Morgan fingerprint density at radius 2 is 1.86 bits per heavy atom. The van der Waals surface area contributed by atoms with Gasteiger partial charge in [-0.3, -0.25) is 4.79 Å². The van der Waals surface area contributed by atoms with E-state index in [1.807, 2.05) is 0 Å². The predicted molar refractivity (Wildman–Crippen MR) is 140 cm³/mol. The van der Waals surface area contributed by atoms with Gasteiger partial charge in [0.15, 0.2) is 0 Å². The molecule has 0 aromatic heterocycles. The van der Waals surface area contributed by atoms with Crippen LogP contribution < -0.4 is 15.0 Å². The SMILES string of the molecule is COc1ccc(S(=O)(=O)N2CCOCC2)cc1CCC(=O)NCc1ccc(N2CCC[C@H](C)C2)cc1. The summed E-state index contributed by atoms with van der Waals surface area (Å²) in [5, 5.41) is 2.98. The number of nitrogens with zero attached hydrogens (tertiary/aromatic N) is 2. The summed E-state index contributed by atoms with van der Waals surface area (Å²) in [7, 11) is -2.07. The number of carbonyl (C=O) groups excluding carboxylic acids is 1. The van der Waals surface area contributed by atoms with Crippen LogP contribution in [-0.2, 0) is 32.5 Å². The number of piperidine rings is 1. The zero-order valence-electron chi connectivity index (χ0n) is 21.2. The minimum atomic E-state index is -3.62. The molecule has 0 saturated carbocycles. The second kappa shape index (κ2) is 12.1. The molecule has 8 nitrogen and oxygen atoms in total. The Morgan fingerprint density at radius 1 is 1.11 bits per heavy atom. The van der Waals surface area contributed by atoms with Gasteiger partial charge in [-0.05, 0) is 66.6 Å². The van der Waals surface area contributed by atoms with Crippen LogP contribution in [0.5, 0.6) is 5.75 Å². The number of hydrogen-bond acceptors (Lipinski definition) is 6. The molecule has 0 radical (unpaired) electrons. The van der Waals surface area contributed by atoms with Crippen LogP contribution in [0.2, 0.25) is 0 Å². The summed E-state index contributed by atoms with van der Waals surface area (Å²) in [6.45, 7) is 6.40. The van der Waals surface area contributed by atoms with Gasteiger partial charge in [0.25, 0.3) is 0 Å². The molecule has 2 saturated heterocycles. The van der Waals surface area contributed by atoms with E-state index in [0.717, 1.165) is 24.6 Å². The van der Waals surface area contributed by atoms with E-state index in [1.165, 1.54) is 22.8 Å². The highest BCUT2D eigenvalue weighted by Gasteiger charge is 2.27. The Bertz CT molecular complexity index is 1130. The van der Waals surface area contributed by atoms with Crippen LogP contribution in [0.1, 0.15) is 37.3 Å². The maximum absolute atomic E-state index is 13.0. The van der Waals surface area contributed by atoms with Gasteiger partial charge in [-0.25, -0.2) is 8.42 Å². The molecule has 9 heteroatoms. The first-order chi connectivity index (χ1) is 17.4. The van der Waals surface area contributed by atoms with Crippen molar-refractivity contribution in [1.29, 1.82) is 0 Å². The van der Waals surface area contributed by atoms with Crippen molar-refractivity contribution in [2.75, 3.05) is 51.4 Å². The summed E-state index contributed by atoms with van der Waals surface area (Å²) in [4.78, 5) is 15.2. The van der Waals surface area contributed by atoms with Crippen LogP contribution in [0.15, 0.2) is 47.4 Å². The number of carbonyl (C=O) groups is 1. The van der Waals surface area contributed by atoms with E-state index in [2.05, 4.69) is 41.4 Å².